The van der Waals surface area contributed by atoms with Crippen LogP contribution in [0.2, 0.25) is 5.02 Å². The number of aryl methyl sites for hydroxylation is 2. The van der Waals surface area contributed by atoms with E-state index >= 15 is 0 Å². The maximum Gasteiger partial charge on any atom is 0.291 e. The van der Waals surface area contributed by atoms with Gasteiger partial charge >= 0.3 is 0 Å². The number of hydrogen-bond acceptors (Lipinski definition) is 6. The zero-order valence-corrected chi connectivity index (χ0v) is 16.8. The zero-order valence-electron chi connectivity index (χ0n) is 16.0. The third-order valence-corrected chi connectivity index (χ3v) is 5.16. The second-order valence-corrected chi connectivity index (χ2v) is 7.13. The maximum atomic E-state index is 12.1. The van der Waals surface area contributed by atoms with Crippen LogP contribution in [-0.4, -0.2) is 61.1 Å². The Balaban J connectivity index is 1.52. The lowest BCUT2D eigenvalue weighted by molar-refractivity contribution is 0.266. The summed E-state index contributed by atoms with van der Waals surface area (Å²) in [6.45, 7) is 7.38. The molecule has 8 heteroatoms. The van der Waals surface area contributed by atoms with E-state index in [4.69, 9.17) is 16.3 Å². The number of ether oxygens (including phenoxy) is 1. The molecule has 1 aromatic heterocycles. The number of methoxy groups -OCH3 is 1. The number of anilines is 2. The quantitative estimate of drug-likeness (QED) is 0.812. The fraction of sp³-hybridized carbons (Fsp3) is 0.474. The van der Waals surface area contributed by atoms with Crippen molar-refractivity contribution in [3.8, 4) is 5.75 Å². The lowest BCUT2D eigenvalue weighted by Crippen LogP contribution is -2.47. The first-order valence-electron chi connectivity index (χ1n) is 9.07. The van der Waals surface area contributed by atoms with Crippen LogP contribution in [0, 0.1) is 6.92 Å². The van der Waals surface area contributed by atoms with Gasteiger partial charge < -0.3 is 15.0 Å². The van der Waals surface area contributed by atoms with Crippen molar-refractivity contribution < 1.29 is 4.74 Å². The highest BCUT2D eigenvalue weighted by molar-refractivity contribution is 6.32. The number of piperazine rings is 1. The SMILES string of the molecule is COc1cc(C)ccc1N1CCN(CCNc2c(Cl)cnn(C)c2=O)CC1. The number of aromatic nitrogens is 2. The number of hydrogen-bond donors (Lipinski definition) is 1. The molecule has 2 aromatic rings. The molecule has 1 fully saturated rings. The molecule has 1 N–H and O–H groups in total. The number of rotatable bonds is 6. The van der Waals surface area contributed by atoms with Crippen LogP contribution in [0.4, 0.5) is 11.4 Å². The van der Waals surface area contributed by atoms with Gasteiger partial charge in [0, 0.05) is 46.3 Å². The van der Waals surface area contributed by atoms with Crippen LogP contribution in [-0.2, 0) is 7.05 Å². The molecule has 0 atom stereocenters. The molecule has 0 radical (unpaired) electrons. The first-order valence-corrected chi connectivity index (χ1v) is 9.45. The minimum Gasteiger partial charge on any atom is -0.495 e. The number of nitrogens with zero attached hydrogens (tertiary/aromatic N) is 4. The van der Waals surface area contributed by atoms with Crippen LogP contribution in [0.1, 0.15) is 5.56 Å². The molecule has 27 heavy (non-hydrogen) atoms. The summed E-state index contributed by atoms with van der Waals surface area (Å²) in [5, 5.41) is 7.41. The first kappa shape index (κ1) is 19.5. The van der Waals surface area contributed by atoms with Crippen LogP contribution in [0.5, 0.6) is 5.75 Å². The minimum atomic E-state index is -0.209. The number of benzene rings is 1. The van der Waals surface area contributed by atoms with Crippen molar-refractivity contribution >= 4 is 23.0 Å². The highest BCUT2D eigenvalue weighted by atomic mass is 35.5. The topological polar surface area (TPSA) is 62.6 Å². The third kappa shape index (κ3) is 4.54. The molecule has 1 saturated heterocycles. The molecule has 3 rings (SSSR count). The Morgan fingerprint density at radius 3 is 2.70 bits per heavy atom. The van der Waals surface area contributed by atoms with Gasteiger partial charge in [-0.15, -0.1) is 0 Å². The van der Waals surface area contributed by atoms with Crippen LogP contribution in [0.15, 0.2) is 29.2 Å². The van der Waals surface area contributed by atoms with E-state index in [1.165, 1.54) is 16.4 Å². The van der Waals surface area contributed by atoms with E-state index in [0.29, 0.717) is 17.3 Å². The van der Waals surface area contributed by atoms with Crippen molar-refractivity contribution in [2.45, 2.75) is 6.92 Å². The van der Waals surface area contributed by atoms with E-state index in [0.717, 1.165) is 44.2 Å². The summed E-state index contributed by atoms with van der Waals surface area (Å²) in [4.78, 5) is 16.8. The Bertz CT molecular complexity index is 846. The van der Waals surface area contributed by atoms with Crippen LogP contribution >= 0.6 is 11.6 Å². The van der Waals surface area contributed by atoms with Gasteiger partial charge in [0.1, 0.15) is 11.4 Å². The monoisotopic (exact) mass is 391 g/mol. The van der Waals surface area contributed by atoms with Gasteiger partial charge in [-0.25, -0.2) is 4.68 Å². The average molecular weight is 392 g/mol. The Morgan fingerprint density at radius 1 is 1.26 bits per heavy atom. The standard InChI is InChI=1S/C19H26ClN5O2/c1-14-4-5-16(17(12-14)27-3)25-10-8-24(9-11-25)7-6-21-18-15(20)13-22-23(2)19(18)26/h4-5,12-13,21H,6-11H2,1-3H3. The van der Waals surface area contributed by atoms with Gasteiger partial charge in [-0.2, -0.15) is 5.10 Å². The first-order chi connectivity index (χ1) is 13.0. The molecule has 0 bridgehead atoms. The fourth-order valence-corrected chi connectivity index (χ4v) is 3.47. The molecule has 0 spiro atoms. The molecule has 146 valence electrons. The summed E-state index contributed by atoms with van der Waals surface area (Å²) in [5.74, 6) is 0.924. The highest BCUT2D eigenvalue weighted by Crippen LogP contribution is 2.29. The lowest BCUT2D eigenvalue weighted by Gasteiger charge is -2.36. The van der Waals surface area contributed by atoms with Crippen LogP contribution in [0.25, 0.3) is 0 Å². The fourth-order valence-electron chi connectivity index (χ4n) is 3.28. The molecule has 1 aliphatic heterocycles. The Kier molecular flexibility index (Phi) is 6.23. The number of nitrogens with one attached hydrogen (secondary N) is 1. The maximum absolute atomic E-state index is 12.1. The summed E-state index contributed by atoms with van der Waals surface area (Å²) >= 11 is 6.08. The largest absolute Gasteiger partial charge is 0.495 e. The second-order valence-electron chi connectivity index (χ2n) is 6.73. The van der Waals surface area contributed by atoms with Crippen molar-refractivity contribution in [3.63, 3.8) is 0 Å². The Hall–Kier alpha value is -2.25. The summed E-state index contributed by atoms with van der Waals surface area (Å²) in [5.41, 5.74) is 2.55. The van der Waals surface area contributed by atoms with Gasteiger partial charge in [-0.1, -0.05) is 17.7 Å². The van der Waals surface area contributed by atoms with Crippen molar-refractivity contribution in [3.05, 3.63) is 45.3 Å². The van der Waals surface area contributed by atoms with Crippen LogP contribution in [0.3, 0.4) is 0 Å². The van der Waals surface area contributed by atoms with Crippen molar-refractivity contribution in [2.75, 3.05) is 56.6 Å². The van der Waals surface area contributed by atoms with Crippen LogP contribution < -0.4 is 20.5 Å². The molecule has 0 unspecified atom stereocenters. The molecule has 1 aromatic carbocycles. The summed E-state index contributed by atoms with van der Waals surface area (Å²) in [6, 6.07) is 6.32. The highest BCUT2D eigenvalue weighted by Gasteiger charge is 2.19. The van der Waals surface area contributed by atoms with Gasteiger partial charge in [0.05, 0.1) is 24.0 Å². The smallest absolute Gasteiger partial charge is 0.291 e. The van der Waals surface area contributed by atoms with E-state index in [-0.39, 0.29) is 5.56 Å². The zero-order chi connectivity index (χ0) is 19.4. The predicted octanol–water partition coefficient (Wildman–Crippen LogP) is 1.98. The van der Waals surface area contributed by atoms with E-state index < -0.39 is 0 Å². The Morgan fingerprint density at radius 2 is 2.00 bits per heavy atom. The molecule has 7 nitrogen and oxygen atoms in total. The molecule has 0 aliphatic carbocycles. The predicted molar refractivity (Wildman–Crippen MR) is 109 cm³/mol. The molecular formula is C19H26ClN5O2. The number of halogens is 1. The molecule has 0 saturated carbocycles. The van der Waals surface area contributed by atoms with Crippen molar-refractivity contribution in [2.24, 2.45) is 7.05 Å². The van der Waals surface area contributed by atoms with E-state index in [1.807, 2.05) is 0 Å². The summed E-state index contributed by atoms with van der Waals surface area (Å²) in [7, 11) is 3.33. The molecule has 0 amide bonds. The Labute approximate surface area is 164 Å². The normalized spacial score (nSPS) is 15.0. The molecule has 2 heterocycles. The van der Waals surface area contributed by atoms with Gasteiger partial charge in [-0.05, 0) is 24.6 Å². The van der Waals surface area contributed by atoms with Crippen molar-refractivity contribution in [1.82, 2.24) is 14.7 Å². The summed E-state index contributed by atoms with van der Waals surface area (Å²) in [6.07, 6.45) is 1.49. The minimum absolute atomic E-state index is 0.209. The second kappa shape index (κ2) is 8.63. The van der Waals surface area contributed by atoms with E-state index in [9.17, 15) is 4.79 Å². The van der Waals surface area contributed by atoms with E-state index in [2.05, 4.69) is 45.3 Å². The van der Waals surface area contributed by atoms with Gasteiger partial charge in [0.25, 0.3) is 5.56 Å². The van der Waals surface area contributed by atoms with Gasteiger partial charge in [-0.3, -0.25) is 9.69 Å². The van der Waals surface area contributed by atoms with Crippen molar-refractivity contribution in [1.29, 1.82) is 0 Å². The van der Waals surface area contributed by atoms with Gasteiger partial charge in [0.2, 0.25) is 0 Å². The molecular weight excluding hydrogens is 366 g/mol. The molecule has 1 aliphatic rings. The van der Waals surface area contributed by atoms with Gasteiger partial charge in [0.15, 0.2) is 0 Å². The van der Waals surface area contributed by atoms with E-state index in [1.54, 1.807) is 14.2 Å². The summed E-state index contributed by atoms with van der Waals surface area (Å²) < 4.78 is 6.82. The lowest BCUT2D eigenvalue weighted by atomic mass is 10.1. The average Bonchev–Trinajstić information content (AvgIpc) is 2.68. The third-order valence-electron chi connectivity index (χ3n) is 4.87.